The lowest BCUT2D eigenvalue weighted by Crippen LogP contribution is -2.11. The number of hydrogen-bond donors (Lipinski definition) is 1. The molecule has 1 unspecified atom stereocenters. The Morgan fingerprint density at radius 3 is 2.62 bits per heavy atom. The standard InChI is InChI=1S/C19H17NS/c1-12-8-9-21-19(12)18(20)15-7-6-14-10-13-4-2-3-5-16(13)17(14)11-15/h2-9,11,18H,10,20H2,1H3. The number of fused-ring (bicyclic) bond motifs is 3. The van der Waals surface area contributed by atoms with Gasteiger partial charge in [0.05, 0.1) is 6.04 Å². The lowest BCUT2D eigenvalue weighted by Gasteiger charge is -2.13. The van der Waals surface area contributed by atoms with Crippen molar-refractivity contribution in [2.75, 3.05) is 0 Å². The maximum absolute atomic E-state index is 6.49. The molecule has 2 heteroatoms. The smallest absolute Gasteiger partial charge is 0.0648 e. The van der Waals surface area contributed by atoms with Crippen LogP contribution in [0.25, 0.3) is 11.1 Å². The predicted octanol–water partition coefficient (Wildman–Crippen LogP) is 4.68. The van der Waals surface area contributed by atoms with Gasteiger partial charge < -0.3 is 5.73 Å². The molecular formula is C19H17NS. The van der Waals surface area contributed by atoms with Gasteiger partial charge in [0.15, 0.2) is 0 Å². The first kappa shape index (κ1) is 12.8. The first-order valence-electron chi connectivity index (χ1n) is 7.25. The molecule has 1 aliphatic carbocycles. The predicted molar refractivity (Wildman–Crippen MR) is 89.8 cm³/mol. The Bertz CT molecular complexity index is 816. The van der Waals surface area contributed by atoms with Crippen LogP contribution in [0.3, 0.4) is 0 Å². The van der Waals surface area contributed by atoms with Gasteiger partial charge in [-0.15, -0.1) is 11.3 Å². The van der Waals surface area contributed by atoms with E-state index in [9.17, 15) is 0 Å². The van der Waals surface area contributed by atoms with Crippen molar-refractivity contribution in [2.24, 2.45) is 5.73 Å². The summed E-state index contributed by atoms with van der Waals surface area (Å²) in [5.41, 5.74) is 14.5. The van der Waals surface area contributed by atoms with E-state index in [4.69, 9.17) is 5.73 Å². The molecule has 2 N–H and O–H groups in total. The van der Waals surface area contributed by atoms with Crippen LogP contribution >= 0.6 is 11.3 Å². The normalized spacial score (nSPS) is 13.8. The van der Waals surface area contributed by atoms with E-state index in [1.54, 1.807) is 11.3 Å². The van der Waals surface area contributed by atoms with E-state index in [0.29, 0.717) is 0 Å². The van der Waals surface area contributed by atoms with Crippen LogP contribution in [-0.2, 0) is 6.42 Å². The third-order valence-corrected chi connectivity index (χ3v) is 5.47. The minimum Gasteiger partial charge on any atom is -0.320 e. The minimum absolute atomic E-state index is 0.0249. The van der Waals surface area contributed by atoms with Crippen molar-refractivity contribution in [1.82, 2.24) is 0 Å². The maximum Gasteiger partial charge on any atom is 0.0648 e. The molecule has 21 heavy (non-hydrogen) atoms. The quantitative estimate of drug-likeness (QED) is 0.570. The third-order valence-electron chi connectivity index (χ3n) is 4.37. The van der Waals surface area contributed by atoms with Gasteiger partial charge in [-0.25, -0.2) is 0 Å². The molecule has 1 aromatic heterocycles. The molecule has 0 amide bonds. The minimum atomic E-state index is -0.0249. The van der Waals surface area contributed by atoms with Gasteiger partial charge >= 0.3 is 0 Å². The zero-order valence-corrected chi connectivity index (χ0v) is 12.8. The summed E-state index contributed by atoms with van der Waals surface area (Å²) in [5, 5.41) is 2.12. The highest BCUT2D eigenvalue weighted by Gasteiger charge is 2.20. The monoisotopic (exact) mass is 291 g/mol. The molecular weight excluding hydrogens is 274 g/mol. The Balaban J connectivity index is 1.80. The van der Waals surface area contributed by atoms with Gasteiger partial charge in [-0.2, -0.15) is 0 Å². The Kier molecular flexibility index (Phi) is 2.95. The average Bonchev–Trinajstić information content (AvgIpc) is 3.09. The molecule has 0 spiro atoms. The Morgan fingerprint density at radius 2 is 1.81 bits per heavy atom. The summed E-state index contributed by atoms with van der Waals surface area (Å²) in [6, 6.07) is 17.5. The fourth-order valence-corrected chi connectivity index (χ4v) is 4.14. The molecule has 1 heterocycles. The van der Waals surface area contributed by atoms with Crippen LogP contribution in [0.15, 0.2) is 53.9 Å². The van der Waals surface area contributed by atoms with Crippen molar-refractivity contribution in [2.45, 2.75) is 19.4 Å². The summed E-state index contributed by atoms with van der Waals surface area (Å²) in [7, 11) is 0. The van der Waals surface area contributed by atoms with Crippen LogP contribution in [0.2, 0.25) is 0 Å². The molecule has 0 radical (unpaired) electrons. The van der Waals surface area contributed by atoms with E-state index in [1.165, 1.54) is 38.3 Å². The van der Waals surface area contributed by atoms with Crippen molar-refractivity contribution in [3.63, 3.8) is 0 Å². The maximum atomic E-state index is 6.49. The van der Waals surface area contributed by atoms with E-state index in [2.05, 4.69) is 60.8 Å². The van der Waals surface area contributed by atoms with Crippen LogP contribution in [0.5, 0.6) is 0 Å². The molecule has 2 aromatic carbocycles. The summed E-state index contributed by atoms with van der Waals surface area (Å²) in [4.78, 5) is 1.27. The topological polar surface area (TPSA) is 26.0 Å². The SMILES string of the molecule is Cc1ccsc1C(N)c1ccc2c(c1)-c1ccccc1C2. The molecule has 104 valence electrons. The number of aryl methyl sites for hydroxylation is 1. The first-order valence-corrected chi connectivity index (χ1v) is 8.12. The zero-order chi connectivity index (χ0) is 14.4. The molecule has 4 rings (SSSR count). The molecule has 1 nitrogen and oxygen atoms in total. The van der Waals surface area contributed by atoms with Crippen LogP contribution in [-0.4, -0.2) is 0 Å². The van der Waals surface area contributed by atoms with Crippen molar-refractivity contribution in [3.8, 4) is 11.1 Å². The molecule has 0 bridgehead atoms. The van der Waals surface area contributed by atoms with Gasteiger partial charge in [0.25, 0.3) is 0 Å². The summed E-state index contributed by atoms with van der Waals surface area (Å²) >= 11 is 1.75. The first-order chi connectivity index (χ1) is 10.2. The molecule has 0 aliphatic heterocycles. The Hall–Kier alpha value is -1.90. The fourth-order valence-electron chi connectivity index (χ4n) is 3.19. The summed E-state index contributed by atoms with van der Waals surface area (Å²) in [6.45, 7) is 2.13. The van der Waals surface area contributed by atoms with Crippen molar-refractivity contribution >= 4 is 11.3 Å². The lowest BCUT2D eigenvalue weighted by molar-refractivity contribution is 0.885. The highest BCUT2D eigenvalue weighted by Crippen LogP contribution is 2.38. The number of thiophene rings is 1. The molecule has 1 atom stereocenters. The highest BCUT2D eigenvalue weighted by atomic mass is 32.1. The summed E-state index contributed by atoms with van der Waals surface area (Å²) < 4.78 is 0. The molecule has 0 saturated carbocycles. The van der Waals surface area contributed by atoms with Crippen LogP contribution in [0, 0.1) is 6.92 Å². The molecule has 0 saturated heterocycles. The number of nitrogens with two attached hydrogens (primary N) is 1. The highest BCUT2D eigenvalue weighted by molar-refractivity contribution is 7.10. The number of hydrogen-bond acceptors (Lipinski definition) is 2. The van der Waals surface area contributed by atoms with E-state index in [-0.39, 0.29) is 6.04 Å². The number of benzene rings is 2. The average molecular weight is 291 g/mol. The second kappa shape index (κ2) is 4.83. The van der Waals surface area contributed by atoms with E-state index < -0.39 is 0 Å². The second-order valence-corrected chi connectivity index (χ2v) is 6.64. The van der Waals surface area contributed by atoms with Crippen molar-refractivity contribution in [3.05, 3.63) is 81.0 Å². The fraction of sp³-hybridized carbons (Fsp3) is 0.158. The summed E-state index contributed by atoms with van der Waals surface area (Å²) in [6.07, 6.45) is 1.04. The summed E-state index contributed by atoms with van der Waals surface area (Å²) in [5.74, 6) is 0. The van der Waals surface area contributed by atoms with Crippen molar-refractivity contribution < 1.29 is 0 Å². The van der Waals surface area contributed by atoms with Gasteiger partial charge in [0, 0.05) is 4.88 Å². The molecule has 1 aliphatic rings. The lowest BCUT2D eigenvalue weighted by atomic mass is 9.98. The second-order valence-electron chi connectivity index (χ2n) is 5.70. The van der Waals surface area contributed by atoms with E-state index in [1.807, 2.05) is 0 Å². The Labute approximate surface area is 129 Å². The Morgan fingerprint density at radius 1 is 1.00 bits per heavy atom. The third kappa shape index (κ3) is 2.03. The van der Waals surface area contributed by atoms with E-state index >= 15 is 0 Å². The van der Waals surface area contributed by atoms with Gasteiger partial charge in [-0.3, -0.25) is 0 Å². The van der Waals surface area contributed by atoms with Crippen LogP contribution < -0.4 is 5.73 Å². The zero-order valence-electron chi connectivity index (χ0n) is 12.0. The van der Waals surface area contributed by atoms with Crippen molar-refractivity contribution in [1.29, 1.82) is 0 Å². The van der Waals surface area contributed by atoms with Gasteiger partial charge in [-0.1, -0.05) is 36.4 Å². The molecule has 3 aromatic rings. The van der Waals surface area contributed by atoms with Crippen LogP contribution in [0.1, 0.15) is 33.2 Å². The molecule has 0 fully saturated rings. The van der Waals surface area contributed by atoms with Crippen LogP contribution in [0.4, 0.5) is 0 Å². The number of rotatable bonds is 2. The van der Waals surface area contributed by atoms with Gasteiger partial charge in [-0.05, 0) is 64.2 Å². The van der Waals surface area contributed by atoms with E-state index in [0.717, 1.165) is 6.42 Å². The van der Waals surface area contributed by atoms with Gasteiger partial charge in [0.2, 0.25) is 0 Å². The largest absolute Gasteiger partial charge is 0.320 e. The van der Waals surface area contributed by atoms with Gasteiger partial charge in [0.1, 0.15) is 0 Å².